The molecule has 1 aromatic carbocycles. The minimum absolute atomic E-state index is 0.00287. The van der Waals surface area contributed by atoms with Gasteiger partial charge in [-0.1, -0.05) is 26.0 Å². The predicted molar refractivity (Wildman–Crippen MR) is 78.0 cm³/mol. The van der Waals surface area contributed by atoms with Crippen LogP contribution < -0.4 is 10.6 Å². The lowest BCUT2D eigenvalue weighted by Gasteiger charge is -2.20. The Hall–Kier alpha value is -1.55. The lowest BCUT2D eigenvalue weighted by molar-refractivity contribution is -0.122. The molecule has 0 aliphatic rings. The van der Waals surface area contributed by atoms with Crippen molar-refractivity contribution >= 4 is 11.6 Å². The Kier molecular flexibility index (Phi) is 6.36. The molecule has 0 spiro atoms. The highest BCUT2D eigenvalue weighted by atomic mass is 16.3. The predicted octanol–water partition coefficient (Wildman–Crippen LogP) is 2.28. The lowest BCUT2D eigenvalue weighted by Crippen LogP contribution is -2.42. The lowest BCUT2D eigenvalue weighted by atomic mass is 10.1. The smallest absolute Gasteiger partial charge is 0.242 e. The Morgan fingerprint density at radius 3 is 2.58 bits per heavy atom. The summed E-state index contributed by atoms with van der Waals surface area (Å²) in [5.41, 5.74) is 1.68. The quantitative estimate of drug-likeness (QED) is 0.708. The second-order valence-electron chi connectivity index (χ2n) is 4.75. The van der Waals surface area contributed by atoms with Crippen molar-refractivity contribution in [1.29, 1.82) is 0 Å². The van der Waals surface area contributed by atoms with Crippen LogP contribution in [-0.2, 0) is 11.4 Å². The molecule has 0 aromatic heterocycles. The van der Waals surface area contributed by atoms with Gasteiger partial charge in [0.2, 0.25) is 5.91 Å². The van der Waals surface area contributed by atoms with Crippen LogP contribution in [0.4, 0.5) is 5.69 Å². The summed E-state index contributed by atoms with van der Waals surface area (Å²) < 4.78 is 0. The van der Waals surface area contributed by atoms with E-state index in [-0.39, 0.29) is 24.6 Å². The van der Waals surface area contributed by atoms with E-state index in [0.717, 1.165) is 24.1 Å². The number of nitrogens with one attached hydrogen (secondary N) is 2. The van der Waals surface area contributed by atoms with Crippen LogP contribution in [0.25, 0.3) is 0 Å². The van der Waals surface area contributed by atoms with Gasteiger partial charge in [0.1, 0.15) is 6.04 Å². The van der Waals surface area contributed by atoms with Gasteiger partial charge in [-0.05, 0) is 37.5 Å². The van der Waals surface area contributed by atoms with E-state index in [2.05, 4.69) is 24.5 Å². The van der Waals surface area contributed by atoms with Gasteiger partial charge in [0.25, 0.3) is 0 Å². The minimum Gasteiger partial charge on any atom is -0.392 e. The average molecular weight is 264 g/mol. The zero-order valence-electron chi connectivity index (χ0n) is 11.9. The van der Waals surface area contributed by atoms with Crippen molar-refractivity contribution in [3.63, 3.8) is 0 Å². The fourth-order valence-electron chi connectivity index (χ4n) is 1.89. The third-order valence-corrected chi connectivity index (χ3v) is 3.22. The van der Waals surface area contributed by atoms with Gasteiger partial charge in [0, 0.05) is 11.7 Å². The molecule has 1 aromatic rings. The SMILES string of the molecule is CCC(CC)NC(=O)C(C)Nc1cccc(CO)c1. The fourth-order valence-corrected chi connectivity index (χ4v) is 1.89. The van der Waals surface area contributed by atoms with Crippen LogP contribution in [0.5, 0.6) is 0 Å². The van der Waals surface area contributed by atoms with Gasteiger partial charge in [0.15, 0.2) is 0 Å². The molecule has 1 rings (SSSR count). The number of anilines is 1. The summed E-state index contributed by atoms with van der Waals surface area (Å²) in [6.07, 6.45) is 1.88. The molecule has 0 aliphatic heterocycles. The van der Waals surface area contributed by atoms with Gasteiger partial charge in [-0.3, -0.25) is 4.79 Å². The first-order chi connectivity index (χ1) is 9.10. The number of carbonyl (C=O) groups excluding carboxylic acids is 1. The second kappa shape index (κ2) is 7.79. The number of amides is 1. The van der Waals surface area contributed by atoms with Crippen molar-refractivity contribution in [2.75, 3.05) is 5.32 Å². The highest BCUT2D eigenvalue weighted by molar-refractivity contribution is 5.84. The zero-order chi connectivity index (χ0) is 14.3. The third kappa shape index (κ3) is 4.91. The Morgan fingerprint density at radius 2 is 2.00 bits per heavy atom. The van der Waals surface area contributed by atoms with Gasteiger partial charge >= 0.3 is 0 Å². The maximum atomic E-state index is 12.0. The van der Waals surface area contributed by atoms with Gasteiger partial charge in [0.05, 0.1) is 6.61 Å². The number of benzene rings is 1. The molecule has 19 heavy (non-hydrogen) atoms. The summed E-state index contributed by atoms with van der Waals surface area (Å²) in [6, 6.07) is 7.38. The van der Waals surface area contributed by atoms with E-state index in [1.54, 1.807) is 0 Å². The van der Waals surface area contributed by atoms with E-state index in [4.69, 9.17) is 5.11 Å². The van der Waals surface area contributed by atoms with Crippen LogP contribution in [0.15, 0.2) is 24.3 Å². The van der Waals surface area contributed by atoms with Crippen LogP contribution in [0, 0.1) is 0 Å². The molecule has 0 radical (unpaired) electrons. The Bertz CT molecular complexity index is 403. The molecular weight excluding hydrogens is 240 g/mol. The van der Waals surface area contributed by atoms with Gasteiger partial charge in [-0.15, -0.1) is 0 Å². The molecule has 0 aliphatic carbocycles. The van der Waals surface area contributed by atoms with E-state index in [9.17, 15) is 4.79 Å². The van der Waals surface area contributed by atoms with Crippen LogP contribution in [-0.4, -0.2) is 23.1 Å². The summed E-state index contributed by atoms with van der Waals surface area (Å²) in [5, 5.41) is 15.2. The molecule has 1 unspecified atom stereocenters. The fraction of sp³-hybridized carbons (Fsp3) is 0.533. The first-order valence-electron chi connectivity index (χ1n) is 6.87. The molecule has 3 N–H and O–H groups in total. The molecule has 0 fully saturated rings. The highest BCUT2D eigenvalue weighted by Gasteiger charge is 2.15. The van der Waals surface area contributed by atoms with Crippen molar-refractivity contribution < 1.29 is 9.90 Å². The van der Waals surface area contributed by atoms with Crippen molar-refractivity contribution in [2.24, 2.45) is 0 Å². The number of aliphatic hydroxyl groups excluding tert-OH is 1. The monoisotopic (exact) mass is 264 g/mol. The standard InChI is InChI=1S/C15H24N2O2/c1-4-13(5-2)17-15(19)11(3)16-14-8-6-7-12(9-14)10-18/h6-9,11,13,16,18H,4-5,10H2,1-3H3,(H,17,19). The van der Waals surface area contributed by atoms with Gasteiger partial charge in [-0.2, -0.15) is 0 Å². The summed E-state index contributed by atoms with van der Waals surface area (Å²) in [4.78, 5) is 12.0. The van der Waals surface area contributed by atoms with E-state index in [1.807, 2.05) is 31.2 Å². The highest BCUT2D eigenvalue weighted by Crippen LogP contribution is 2.12. The molecule has 0 saturated heterocycles. The summed E-state index contributed by atoms with van der Waals surface area (Å²) in [5.74, 6) is 0.00287. The first-order valence-corrected chi connectivity index (χ1v) is 6.87. The summed E-state index contributed by atoms with van der Waals surface area (Å²) in [6.45, 7) is 5.97. The Balaban J connectivity index is 2.57. The molecule has 4 heteroatoms. The van der Waals surface area contributed by atoms with Gasteiger partial charge in [-0.25, -0.2) is 0 Å². The maximum Gasteiger partial charge on any atom is 0.242 e. The Morgan fingerprint density at radius 1 is 1.32 bits per heavy atom. The number of hydrogen-bond donors (Lipinski definition) is 3. The van der Waals surface area contributed by atoms with Crippen LogP contribution in [0.2, 0.25) is 0 Å². The topological polar surface area (TPSA) is 61.4 Å². The van der Waals surface area contributed by atoms with E-state index in [1.165, 1.54) is 0 Å². The molecular formula is C15H24N2O2. The molecule has 106 valence electrons. The van der Waals surface area contributed by atoms with Gasteiger partial charge < -0.3 is 15.7 Å². The van der Waals surface area contributed by atoms with Crippen molar-refractivity contribution in [3.05, 3.63) is 29.8 Å². The number of rotatable bonds is 7. The van der Waals surface area contributed by atoms with Crippen molar-refractivity contribution in [2.45, 2.75) is 52.3 Å². The van der Waals surface area contributed by atoms with Crippen LogP contribution in [0.1, 0.15) is 39.2 Å². The second-order valence-corrected chi connectivity index (χ2v) is 4.75. The zero-order valence-corrected chi connectivity index (χ0v) is 11.9. The Labute approximate surface area is 115 Å². The first kappa shape index (κ1) is 15.5. The normalized spacial score (nSPS) is 12.3. The molecule has 0 bridgehead atoms. The largest absolute Gasteiger partial charge is 0.392 e. The minimum atomic E-state index is -0.297. The summed E-state index contributed by atoms with van der Waals surface area (Å²) >= 11 is 0. The molecule has 1 amide bonds. The molecule has 0 saturated carbocycles. The van der Waals surface area contributed by atoms with E-state index >= 15 is 0 Å². The number of hydrogen-bond acceptors (Lipinski definition) is 3. The van der Waals surface area contributed by atoms with E-state index < -0.39 is 0 Å². The molecule has 4 nitrogen and oxygen atoms in total. The molecule has 1 atom stereocenters. The third-order valence-electron chi connectivity index (χ3n) is 3.22. The van der Waals surface area contributed by atoms with Crippen LogP contribution >= 0.6 is 0 Å². The van der Waals surface area contributed by atoms with Crippen molar-refractivity contribution in [3.8, 4) is 0 Å². The van der Waals surface area contributed by atoms with Crippen LogP contribution in [0.3, 0.4) is 0 Å². The number of aliphatic hydroxyl groups is 1. The summed E-state index contributed by atoms with van der Waals surface area (Å²) in [7, 11) is 0. The molecule has 0 heterocycles. The number of carbonyl (C=O) groups is 1. The maximum absolute atomic E-state index is 12.0. The van der Waals surface area contributed by atoms with Crippen molar-refractivity contribution in [1.82, 2.24) is 5.32 Å². The average Bonchev–Trinajstić information content (AvgIpc) is 2.44. The van der Waals surface area contributed by atoms with E-state index in [0.29, 0.717) is 0 Å².